The van der Waals surface area contributed by atoms with Crippen LogP contribution in [-0.2, 0) is 0 Å². The van der Waals surface area contributed by atoms with Gasteiger partial charge >= 0.3 is 0 Å². The first-order valence-corrected chi connectivity index (χ1v) is 9.72. The van der Waals surface area contributed by atoms with Gasteiger partial charge < -0.3 is 14.6 Å². The Morgan fingerprint density at radius 3 is 2.35 bits per heavy atom. The first kappa shape index (κ1) is 17.3. The van der Waals surface area contributed by atoms with Crippen LogP contribution in [0.4, 0.5) is 0 Å². The molecule has 1 unspecified atom stereocenters. The van der Waals surface area contributed by atoms with Crippen LogP contribution in [0.15, 0.2) is 48.5 Å². The number of rotatable bonds is 4. The Morgan fingerprint density at radius 1 is 0.923 bits per heavy atom. The second-order valence-corrected chi connectivity index (χ2v) is 7.56. The van der Waals surface area contributed by atoms with Crippen molar-refractivity contribution in [2.75, 3.05) is 19.6 Å². The maximum atomic E-state index is 11.1. The third kappa shape index (κ3) is 3.17. The van der Waals surface area contributed by atoms with E-state index in [1.54, 1.807) is 0 Å². The number of aliphatic hydroxyl groups is 1. The maximum absolute atomic E-state index is 11.1. The molecule has 0 amide bonds. The van der Waals surface area contributed by atoms with Crippen molar-refractivity contribution in [1.82, 2.24) is 9.47 Å². The van der Waals surface area contributed by atoms with Crippen LogP contribution in [0.5, 0.6) is 0 Å². The van der Waals surface area contributed by atoms with Crippen LogP contribution in [0.25, 0.3) is 16.6 Å². The van der Waals surface area contributed by atoms with Gasteiger partial charge in [-0.2, -0.15) is 0 Å². The van der Waals surface area contributed by atoms with Gasteiger partial charge in [-0.15, -0.1) is 0 Å². The van der Waals surface area contributed by atoms with E-state index in [1.807, 2.05) is 0 Å². The normalized spacial score (nSPS) is 16.9. The van der Waals surface area contributed by atoms with Gasteiger partial charge in [0.05, 0.1) is 11.6 Å². The molecule has 3 heteroatoms. The first-order chi connectivity index (χ1) is 12.6. The van der Waals surface area contributed by atoms with Crippen molar-refractivity contribution in [3.05, 3.63) is 65.4 Å². The fraction of sp³-hybridized carbons (Fsp3) is 0.391. The molecule has 0 radical (unpaired) electrons. The molecule has 2 heterocycles. The Morgan fingerprint density at radius 2 is 1.62 bits per heavy atom. The molecule has 1 aromatic heterocycles. The Kier molecular flexibility index (Phi) is 4.84. The van der Waals surface area contributed by atoms with Crippen molar-refractivity contribution >= 4 is 10.9 Å². The second-order valence-electron chi connectivity index (χ2n) is 7.56. The Bertz CT molecular complexity index is 888. The number of aliphatic hydroxyl groups excluding tert-OH is 1. The molecule has 0 spiro atoms. The molecule has 1 saturated heterocycles. The van der Waals surface area contributed by atoms with E-state index in [9.17, 15) is 5.11 Å². The lowest BCUT2D eigenvalue weighted by Gasteiger charge is -2.28. The van der Waals surface area contributed by atoms with Crippen molar-refractivity contribution < 1.29 is 5.11 Å². The van der Waals surface area contributed by atoms with E-state index in [0.29, 0.717) is 0 Å². The highest BCUT2D eigenvalue weighted by Crippen LogP contribution is 2.34. The minimum absolute atomic E-state index is 0.454. The monoisotopic (exact) mass is 348 g/mol. The zero-order valence-electron chi connectivity index (χ0n) is 15.8. The Hall–Kier alpha value is -2.10. The lowest BCUT2D eigenvalue weighted by molar-refractivity contribution is 0.102. The predicted octanol–water partition coefficient (Wildman–Crippen LogP) is 4.77. The summed E-state index contributed by atoms with van der Waals surface area (Å²) >= 11 is 0. The van der Waals surface area contributed by atoms with Gasteiger partial charge in [-0.3, -0.25) is 0 Å². The number of hydrogen-bond acceptors (Lipinski definition) is 2. The van der Waals surface area contributed by atoms with Gasteiger partial charge in [0.15, 0.2) is 0 Å². The molecular weight excluding hydrogens is 320 g/mol. The highest BCUT2D eigenvalue weighted by atomic mass is 16.3. The van der Waals surface area contributed by atoms with Crippen LogP contribution in [0.3, 0.4) is 0 Å². The molecule has 2 aromatic carbocycles. The minimum atomic E-state index is -0.454. The summed E-state index contributed by atoms with van der Waals surface area (Å²) in [5.41, 5.74) is 5.79. The van der Waals surface area contributed by atoms with Gasteiger partial charge in [0.2, 0.25) is 0 Å². The molecule has 136 valence electrons. The standard InChI is InChI=1S/C23H28N2O/c1-17-10-12-19(13-11-17)25-18(2)23(20-8-4-5-9-21(20)25)22(26)16-24-14-6-3-7-15-24/h4-5,8-13,22,26H,3,6-7,14-16H2,1-2H3. The number of aryl methyl sites for hydroxylation is 1. The molecular formula is C23H28N2O. The Labute approximate surface area is 155 Å². The number of fused-ring (bicyclic) bond motifs is 1. The number of likely N-dealkylation sites (tertiary alicyclic amines) is 1. The van der Waals surface area contributed by atoms with Crippen LogP contribution < -0.4 is 0 Å². The maximum Gasteiger partial charge on any atom is 0.0940 e. The van der Waals surface area contributed by atoms with Crippen LogP contribution in [0.1, 0.15) is 42.2 Å². The van der Waals surface area contributed by atoms with Gasteiger partial charge in [0, 0.05) is 28.9 Å². The zero-order chi connectivity index (χ0) is 18.1. The molecule has 1 N–H and O–H groups in total. The summed E-state index contributed by atoms with van der Waals surface area (Å²) in [4.78, 5) is 2.41. The van der Waals surface area contributed by atoms with Crippen molar-refractivity contribution in [2.24, 2.45) is 0 Å². The van der Waals surface area contributed by atoms with Gasteiger partial charge in [0.25, 0.3) is 0 Å². The van der Waals surface area contributed by atoms with Crippen molar-refractivity contribution in [3.63, 3.8) is 0 Å². The molecule has 0 bridgehead atoms. The fourth-order valence-electron chi connectivity index (χ4n) is 4.32. The minimum Gasteiger partial charge on any atom is -0.387 e. The van der Waals surface area contributed by atoms with Crippen molar-refractivity contribution in [2.45, 2.75) is 39.2 Å². The number of benzene rings is 2. The molecule has 4 rings (SSSR count). The Balaban J connectivity index is 1.77. The highest BCUT2D eigenvalue weighted by Gasteiger charge is 2.23. The first-order valence-electron chi connectivity index (χ1n) is 9.72. The van der Waals surface area contributed by atoms with Crippen molar-refractivity contribution in [1.29, 1.82) is 0 Å². The lowest BCUT2D eigenvalue weighted by Crippen LogP contribution is -2.33. The predicted molar refractivity (Wildman–Crippen MR) is 108 cm³/mol. The van der Waals surface area contributed by atoms with Crippen LogP contribution in [0.2, 0.25) is 0 Å². The number of piperidine rings is 1. The van der Waals surface area contributed by atoms with Gasteiger partial charge in [-0.25, -0.2) is 0 Å². The van der Waals surface area contributed by atoms with Gasteiger partial charge in [-0.1, -0.05) is 42.3 Å². The van der Waals surface area contributed by atoms with E-state index in [-0.39, 0.29) is 0 Å². The number of aromatic nitrogens is 1. The summed E-state index contributed by atoms with van der Waals surface area (Å²) in [6.07, 6.45) is 3.36. The summed E-state index contributed by atoms with van der Waals surface area (Å²) in [6.45, 7) is 7.18. The van der Waals surface area contributed by atoms with Gasteiger partial charge in [0.1, 0.15) is 0 Å². The van der Waals surface area contributed by atoms with Crippen LogP contribution in [0, 0.1) is 13.8 Å². The quantitative estimate of drug-likeness (QED) is 0.736. The van der Waals surface area contributed by atoms with E-state index in [2.05, 4.69) is 71.8 Å². The smallest absolute Gasteiger partial charge is 0.0940 e. The third-order valence-electron chi connectivity index (χ3n) is 5.67. The number of hydrogen-bond donors (Lipinski definition) is 1. The van der Waals surface area contributed by atoms with E-state index in [4.69, 9.17) is 0 Å². The summed E-state index contributed by atoms with van der Waals surface area (Å²) < 4.78 is 2.28. The molecule has 1 atom stereocenters. The topological polar surface area (TPSA) is 28.4 Å². The summed E-state index contributed by atoms with van der Waals surface area (Å²) in [7, 11) is 0. The molecule has 3 aromatic rings. The molecule has 1 aliphatic heterocycles. The third-order valence-corrected chi connectivity index (χ3v) is 5.67. The van der Waals surface area contributed by atoms with Crippen LogP contribution in [-0.4, -0.2) is 34.2 Å². The highest BCUT2D eigenvalue weighted by molar-refractivity contribution is 5.87. The fourth-order valence-corrected chi connectivity index (χ4v) is 4.32. The number of para-hydroxylation sites is 1. The molecule has 0 saturated carbocycles. The average molecular weight is 348 g/mol. The molecule has 1 fully saturated rings. The number of nitrogens with zero attached hydrogens (tertiary/aromatic N) is 2. The molecule has 3 nitrogen and oxygen atoms in total. The largest absolute Gasteiger partial charge is 0.387 e. The zero-order valence-corrected chi connectivity index (χ0v) is 15.8. The lowest BCUT2D eigenvalue weighted by atomic mass is 10.0. The SMILES string of the molecule is Cc1ccc(-n2c(C)c(C(O)CN3CCCCC3)c3ccccc32)cc1. The van der Waals surface area contributed by atoms with E-state index in [1.165, 1.54) is 30.3 Å². The second kappa shape index (κ2) is 7.26. The molecule has 1 aliphatic rings. The van der Waals surface area contributed by atoms with E-state index < -0.39 is 6.10 Å². The van der Waals surface area contributed by atoms with E-state index in [0.717, 1.165) is 42.0 Å². The molecule has 0 aliphatic carbocycles. The summed E-state index contributed by atoms with van der Waals surface area (Å²) in [5, 5.41) is 12.3. The van der Waals surface area contributed by atoms with Crippen LogP contribution >= 0.6 is 0 Å². The van der Waals surface area contributed by atoms with Gasteiger partial charge in [-0.05, 0) is 58.0 Å². The average Bonchev–Trinajstić information content (AvgIpc) is 2.95. The summed E-state index contributed by atoms with van der Waals surface area (Å²) in [5.74, 6) is 0. The van der Waals surface area contributed by atoms with E-state index >= 15 is 0 Å². The molecule has 26 heavy (non-hydrogen) atoms. The summed E-state index contributed by atoms with van der Waals surface area (Å²) in [6, 6.07) is 17.1. The van der Waals surface area contributed by atoms with Crippen molar-refractivity contribution in [3.8, 4) is 5.69 Å². The number of β-amino-alcohol motifs (C(OH)–C–C–N with tert-alkyl or cyclic N) is 1.